The molecule has 4 nitrogen and oxygen atoms in total. The molecule has 4 heteroatoms. The fourth-order valence-electron chi connectivity index (χ4n) is 0.987. The van der Waals surface area contributed by atoms with Gasteiger partial charge in [-0.05, 0) is 19.8 Å². The van der Waals surface area contributed by atoms with Crippen molar-refractivity contribution >= 4 is 5.97 Å². The summed E-state index contributed by atoms with van der Waals surface area (Å²) in [5.74, 6) is -0.216. The molecule has 1 atom stereocenters. The van der Waals surface area contributed by atoms with Crippen LogP contribution in [0.15, 0.2) is 0 Å². The van der Waals surface area contributed by atoms with E-state index in [1.54, 1.807) is 6.92 Å². The van der Waals surface area contributed by atoms with Gasteiger partial charge in [0.15, 0.2) is 0 Å². The van der Waals surface area contributed by atoms with Crippen molar-refractivity contribution in [3.63, 3.8) is 0 Å². The van der Waals surface area contributed by atoms with Crippen LogP contribution in [-0.2, 0) is 14.4 Å². The zero-order valence-corrected chi connectivity index (χ0v) is 6.63. The van der Waals surface area contributed by atoms with Gasteiger partial charge in [-0.1, -0.05) is 0 Å². The maximum absolute atomic E-state index is 11.0. The highest BCUT2D eigenvalue weighted by Crippen LogP contribution is 2.05. The Bertz CT molecular complexity index is 132. The summed E-state index contributed by atoms with van der Waals surface area (Å²) in [5, 5.41) is 0. The van der Waals surface area contributed by atoms with Crippen LogP contribution in [0, 0.1) is 0 Å². The standard InChI is InChI=1S/C7H13NO3/c1-2-10-7(9)6-4-3-5-11-8-6/h6,8H,2-5H2,1H3. The number of nitrogens with one attached hydrogen (secondary N) is 1. The van der Waals surface area contributed by atoms with Crippen LogP contribution in [0.1, 0.15) is 19.8 Å². The quantitative estimate of drug-likeness (QED) is 0.586. The second-order valence-corrected chi connectivity index (χ2v) is 2.41. The lowest BCUT2D eigenvalue weighted by molar-refractivity contribution is -0.153. The summed E-state index contributed by atoms with van der Waals surface area (Å²) in [7, 11) is 0. The van der Waals surface area contributed by atoms with Gasteiger partial charge in [-0.25, -0.2) is 0 Å². The molecule has 1 unspecified atom stereocenters. The summed E-state index contributed by atoms with van der Waals surface area (Å²) in [6.45, 7) is 2.90. The number of rotatable bonds is 2. The minimum atomic E-state index is -0.260. The molecular formula is C7H13NO3. The van der Waals surface area contributed by atoms with Crippen LogP contribution in [-0.4, -0.2) is 25.2 Å². The first kappa shape index (κ1) is 8.49. The molecule has 0 amide bonds. The number of carbonyl (C=O) groups excluding carboxylic acids is 1. The fourth-order valence-corrected chi connectivity index (χ4v) is 0.987. The van der Waals surface area contributed by atoms with Crippen LogP contribution in [0.4, 0.5) is 0 Å². The average molecular weight is 159 g/mol. The van der Waals surface area contributed by atoms with E-state index >= 15 is 0 Å². The number of ether oxygens (including phenoxy) is 1. The summed E-state index contributed by atoms with van der Waals surface area (Å²) in [5.41, 5.74) is 2.63. The van der Waals surface area contributed by atoms with Gasteiger partial charge in [-0.2, -0.15) is 5.48 Å². The van der Waals surface area contributed by atoms with E-state index in [0.29, 0.717) is 13.2 Å². The molecule has 1 fully saturated rings. The molecule has 1 aliphatic rings. The topological polar surface area (TPSA) is 47.6 Å². The number of carbonyl (C=O) groups is 1. The monoisotopic (exact) mass is 159 g/mol. The van der Waals surface area contributed by atoms with Crippen LogP contribution in [0.2, 0.25) is 0 Å². The van der Waals surface area contributed by atoms with Crippen LogP contribution in [0.3, 0.4) is 0 Å². The Morgan fingerprint density at radius 1 is 1.82 bits per heavy atom. The second kappa shape index (κ2) is 4.31. The molecule has 1 rings (SSSR count). The predicted octanol–water partition coefficient (Wildman–Crippen LogP) is 0.233. The van der Waals surface area contributed by atoms with Crippen LogP contribution >= 0.6 is 0 Å². The first-order valence-corrected chi connectivity index (χ1v) is 3.88. The van der Waals surface area contributed by atoms with Crippen molar-refractivity contribution in [2.24, 2.45) is 0 Å². The third-order valence-electron chi connectivity index (χ3n) is 1.54. The van der Waals surface area contributed by atoms with E-state index in [1.807, 2.05) is 0 Å². The van der Waals surface area contributed by atoms with E-state index in [-0.39, 0.29) is 12.0 Å². The summed E-state index contributed by atoms with van der Waals surface area (Å²) in [4.78, 5) is 15.9. The van der Waals surface area contributed by atoms with Gasteiger partial charge in [0.2, 0.25) is 0 Å². The molecule has 0 aliphatic carbocycles. The molecule has 1 saturated heterocycles. The molecule has 1 aliphatic heterocycles. The van der Waals surface area contributed by atoms with Gasteiger partial charge in [0, 0.05) is 0 Å². The first-order chi connectivity index (χ1) is 5.34. The Balaban J connectivity index is 2.27. The van der Waals surface area contributed by atoms with E-state index in [9.17, 15) is 4.79 Å². The van der Waals surface area contributed by atoms with Crippen molar-refractivity contribution in [1.82, 2.24) is 5.48 Å². The highest BCUT2D eigenvalue weighted by atomic mass is 16.7. The van der Waals surface area contributed by atoms with Crippen LogP contribution < -0.4 is 5.48 Å². The normalized spacial score (nSPS) is 24.6. The summed E-state index contributed by atoms with van der Waals surface area (Å²) in [6, 6.07) is -0.260. The Morgan fingerprint density at radius 3 is 3.18 bits per heavy atom. The molecule has 0 aromatic carbocycles. The minimum absolute atomic E-state index is 0.216. The molecule has 1 heterocycles. The van der Waals surface area contributed by atoms with Gasteiger partial charge in [0.05, 0.1) is 13.2 Å². The summed E-state index contributed by atoms with van der Waals surface area (Å²) >= 11 is 0. The maximum atomic E-state index is 11.0. The van der Waals surface area contributed by atoms with Crippen LogP contribution in [0.25, 0.3) is 0 Å². The molecule has 0 radical (unpaired) electrons. The second-order valence-electron chi connectivity index (χ2n) is 2.41. The lowest BCUT2D eigenvalue weighted by Crippen LogP contribution is -2.41. The third-order valence-corrected chi connectivity index (χ3v) is 1.54. The average Bonchev–Trinajstić information content (AvgIpc) is 2.07. The van der Waals surface area contributed by atoms with Gasteiger partial charge in [0.25, 0.3) is 0 Å². The molecule has 11 heavy (non-hydrogen) atoms. The molecule has 0 bridgehead atoms. The Morgan fingerprint density at radius 2 is 2.64 bits per heavy atom. The van der Waals surface area contributed by atoms with Gasteiger partial charge in [-0.3, -0.25) is 4.79 Å². The van der Waals surface area contributed by atoms with Crippen molar-refractivity contribution in [2.45, 2.75) is 25.8 Å². The molecule has 1 N–H and O–H groups in total. The summed E-state index contributed by atoms with van der Waals surface area (Å²) in [6.07, 6.45) is 1.72. The highest BCUT2D eigenvalue weighted by Gasteiger charge is 2.21. The van der Waals surface area contributed by atoms with Gasteiger partial charge in [-0.15, -0.1) is 0 Å². The SMILES string of the molecule is CCOC(=O)C1CCCON1. The Hall–Kier alpha value is -0.610. The van der Waals surface area contributed by atoms with E-state index in [0.717, 1.165) is 12.8 Å². The largest absolute Gasteiger partial charge is 0.465 e. The summed E-state index contributed by atoms with van der Waals surface area (Å²) < 4.78 is 4.80. The minimum Gasteiger partial charge on any atom is -0.465 e. The molecule has 0 aromatic rings. The molecule has 0 spiro atoms. The first-order valence-electron chi connectivity index (χ1n) is 3.88. The van der Waals surface area contributed by atoms with Crippen molar-refractivity contribution in [3.8, 4) is 0 Å². The van der Waals surface area contributed by atoms with E-state index in [1.165, 1.54) is 0 Å². The predicted molar refractivity (Wildman–Crippen MR) is 38.7 cm³/mol. The maximum Gasteiger partial charge on any atom is 0.325 e. The van der Waals surface area contributed by atoms with E-state index in [4.69, 9.17) is 9.57 Å². The van der Waals surface area contributed by atoms with Crippen molar-refractivity contribution < 1.29 is 14.4 Å². The van der Waals surface area contributed by atoms with E-state index < -0.39 is 0 Å². The van der Waals surface area contributed by atoms with Crippen molar-refractivity contribution in [1.29, 1.82) is 0 Å². The number of hydrogen-bond donors (Lipinski definition) is 1. The van der Waals surface area contributed by atoms with Gasteiger partial charge in [0.1, 0.15) is 6.04 Å². The van der Waals surface area contributed by atoms with Gasteiger partial charge < -0.3 is 9.57 Å². The molecular weight excluding hydrogens is 146 g/mol. The Kier molecular flexibility index (Phi) is 3.32. The van der Waals surface area contributed by atoms with Crippen LogP contribution in [0.5, 0.6) is 0 Å². The third kappa shape index (κ3) is 2.48. The molecule has 0 saturated carbocycles. The zero-order chi connectivity index (χ0) is 8.10. The lowest BCUT2D eigenvalue weighted by atomic mass is 10.1. The highest BCUT2D eigenvalue weighted by molar-refractivity contribution is 5.75. The van der Waals surface area contributed by atoms with Crippen molar-refractivity contribution in [3.05, 3.63) is 0 Å². The van der Waals surface area contributed by atoms with Crippen molar-refractivity contribution in [2.75, 3.05) is 13.2 Å². The number of esters is 1. The Labute approximate surface area is 65.8 Å². The molecule has 0 aromatic heterocycles. The number of hydroxylamine groups is 1. The number of hydrogen-bond acceptors (Lipinski definition) is 4. The smallest absolute Gasteiger partial charge is 0.325 e. The van der Waals surface area contributed by atoms with Gasteiger partial charge >= 0.3 is 5.97 Å². The molecule has 64 valence electrons. The lowest BCUT2D eigenvalue weighted by Gasteiger charge is -2.20. The zero-order valence-electron chi connectivity index (χ0n) is 6.63. The van der Waals surface area contributed by atoms with E-state index in [2.05, 4.69) is 5.48 Å². The fraction of sp³-hybridized carbons (Fsp3) is 0.857.